The Morgan fingerprint density at radius 1 is 1.07 bits per heavy atom. The number of nitrogens with zero attached hydrogens (tertiary/aromatic N) is 1. The van der Waals surface area contributed by atoms with Gasteiger partial charge in [-0.15, -0.1) is 0 Å². The maximum atomic E-state index is 12.1. The minimum atomic E-state index is -0.267. The average Bonchev–Trinajstić information content (AvgIpc) is 2.73. The van der Waals surface area contributed by atoms with Crippen LogP contribution in [0.15, 0.2) is 71.8 Å². The number of aryl methyl sites for hydroxylation is 1. The lowest BCUT2D eigenvalue weighted by Gasteiger charge is -2.12. The molecular weight excluding hydrogens is 388 g/mol. The van der Waals surface area contributed by atoms with Crippen molar-refractivity contribution in [2.45, 2.75) is 13.5 Å². The Morgan fingerprint density at radius 2 is 1.90 bits per heavy atom. The predicted octanol–water partition coefficient (Wildman–Crippen LogP) is 5.00. The maximum absolute atomic E-state index is 12.1. The van der Waals surface area contributed by atoms with Crippen LogP contribution < -0.4 is 14.9 Å². The van der Waals surface area contributed by atoms with Crippen LogP contribution in [0.4, 0.5) is 0 Å². The molecule has 0 aliphatic rings. The molecule has 5 nitrogen and oxygen atoms in total. The number of hydrogen-bond acceptors (Lipinski definition) is 4. The number of rotatable bonds is 7. The summed E-state index contributed by atoms with van der Waals surface area (Å²) >= 11 is 6.16. The van der Waals surface area contributed by atoms with Crippen molar-refractivity contribution in [2.75, 3.05) is 7.11 Å². The molecule has 0 saturated heterocycles. The van der Waals surface area contributed by atoms with E-state index in [9.17, 15) is 4.79 Å². The third-order valence-corrected chi connectivity index (χ3v) is 4.56. The summed E-state index contributed by atoms with van der Waals surface area (Å²) in [5.74, 6) is 0.885. The summed E-state index contributed by atoms with van der Waals surface area (Å²) in [7, 11) is 1.57. The fraction of sp³-hybridized carbons (Fsp3) is 0.130. The molecule has 0 heterocycles. The maximum Gasteiger partial charge on any atom is 0.271 e. The Morgan fingerprint density at radius 3 is 2.66 bits per heavy atom. The second-order valence-electron chi connectivity index (χ2n) is 6.36. The van der Waals surface area contributed by atoms with Crippen molar-refractivity contribution >= 4 is 23.7 Å². The van der Waals surface area contributed by atoms with E-state index in [4.69, 9.17) is 21.1 Å². The van der Waals surface area contributed by atoms with Gasteiger partial charge in [0, 0.05) is 16.1 Å². The summed E-state index contributed by atoms with van der Waals surface area (Å²) in [5, 5.41) is 4.67. The van der Waals surface area contributed by atoms with E-state index in [0.717, 1.165) is 16.7 Å². The molecule has 3 aromatic carbocycles. The minimum absolute atomic E-state index is 0.267. The lowest BCUT2D eigenvalue weighted by molar-refractivity contribution is 0.0955. The van der Waals surface area contributed by atoms with Crippen LogP contribution in [0.1, 0.15) is 27.0 Å². The van der Waals surface area contributed by atoms with Crippen LogP contribution in [0.2, 0.25) is 5.02 Å². The summed E-state index contributed by atoms with van der Waals surface area (Å²) < 4.78 is 11.2. The molecule has 0 aliphatic heterocycles. The Bertz CT molecular complexity index is 1030. The quantitative estimate of drug-likeness (QED) is 0.442. The molecule has 0 fully saturated rings. The van der Waals surface area contributed by atoms with Crippen LogP contribution in [0, 0.1) is 6.92 Å². The zero-order valence-electron chi connectivity index (χ0n) is 16.2. The number of hydrazone groups is 1. The lowest BCUT2D eigenvalue weighted by Crippen LogP contribution is -2.17. The predicted molar refractivity (Wildman–Crippen MR) is 115 cm³/mol. The lowest BCUT2D eigenvalue weighted by atomic mass is 10.1. The van der Waals surface area contributed by atoms with Gasteiger partial charge in [-0.2, -0.15) is 5.10 Å². The highest BCUT2D eigenvalue weighted by molar-refractivity contribution is 6.31. The highest BCUT2D eigenvalue weighted by Gasteiger charge is 2.08. The number of nitrogens with one attached hydrogen (secondary N) is 1. The second-order valence-corrected chi connectivity index (χ2v) is 6.77. The molecular formula is C23H21ClN2O3. The summed E-state index contributed by atoms with van der Waals surface area (Å²) in [6.45, 7) is 2.26. The summed E-state index contributed by atoms with van der Waals surface area (Å²) in [6, 6.07) is 20.2. The van der Waals surface area contributed by atoms with E-state index in [1.807, 2.05) is 49.4 Å². The SMILES string of the molecule is COc1cc(/C=N/NC(=O)c2cccc(C)c2)ccc1OCc1ccccc1Cl. The third kappa shape index (κ3) is 5.59. The van der Waals surface area contributed by atoms with Crippen LogP contribution in [0.25, 0.3) is 0 Å². The molecule has 3 aromatic rings. The molecule has 148 valence electrons. The topological polar surface area (TPSA) is 59.9 Å². The highest BCUT2D eigenvalue weighted by atomic mass is 35.5. The number of carbonyl (C=O) groups excluding carboxylic acids is 1. The van der Waals surface area contributed by atoms with Gasteiger partial charge in [-0.05, 0) is 48.9 Å². The largest absolute Gasteiger partial charge is 0.493 e. The van der Waals surface area contributed by atoms with Crippen molar-refractivity contribution in [1.82, 2.24) is 5.43 Å². The molecule has 29 heavy (non-hydrogen) atoms. The third-order valence-electron chi connectivity index (χ3n) is 4.19. The molecule has 0 aliphatic carbocycles. The van der Waals surface area contributed by atoms with Crippen LogP contribution in [0.3, 0.4) is 0 Å². The Labute approximate surface area is 174 Å². The molecule has 3 rings (SSSR count). The molecule has 6 heteroatoms. The second kappa shape index (κ2) is 9.75. The van der Waals surface area contributed by atoms with Crippen LogP contribution in [-0.2, 0) is 6.61 Å². The number of benzene rings is 3. The smallest absolute Gasteiger partial charge is 0.271 e. The van der Waals surface area contributed by atoms with Crippen molar-refractivity contribution < 1.29 is 14.3 Å². The molecule has 0 unspecified atom stereocenters. The molecule has 0 aromatic heterocycles. The fourth-order valence-corrected chi connectivity index (χ4v) is 2.86. The summed E-state index contributed by atoms with van der Waals surface area (Å²) in [5.41, 5.74) is 5.74. The Hall–Kier alpha value is -3.31. The van der Waals surface area contributed by atoms with Crippen molar-refractivity contribution in [2.24, 2.45) is 5.10 Å². The van der Waals surface area contributed by atoms with Gasteiger partial charge >= 0.3 is 0 Å². The Kier molecular flexibility index (Phi) is 6.87. The first-order chi connectivity index (χ1) is 14.1. The highest BCUT2D eigenvalue weighted by Crippen LogP contribution is 2.29. The molecule has 0 radical (unpaired) electrons. The van der Waals surface area contributed by atoms with Gasteiger partial charge in [0.1, 0.15) is 6.61 Å². The van der Waals surface area contributed by atoms with Crippen LogP contribution in [-0.4, -0.2) is 19.2 Å². The normalized spacial score (nSPS) is 10.7. The average molecular weight is 409 g/mol. The van der Waals surface area contributed by atoms with E-state index >= 15 is 0 Å². The van der Waals surface area contributed by atoms with Gasteiger partial charge in [-0.3, -0.25) is 4.79 Å². The Balaban J connectivity index is 1.64. The van der Waals surface area contributed by atoms with Crippen molar-refractivity contribution in [1.29, 1.82) is 0 Å². The van der Waals surface area contributed by atoms with E-state index in [1.54, 1.807) is 37.6 Å². The van der Waals surface area contributed by atoms with E-state index in [-0.39, 0.29) is 5.91 Å². The number of halogens is 1. The van der Waals surface area contributed by atoms with Crippen LogP contribution in [0.5, 0.6) is 11.5 Å². The van der Waals surface area contributed by atoms with E-state index < -0.39 is 0 Å². The summed E-state index contributed by atoms with van der Waals surface area (Å²) in [4.78, 5) is 12.1. The molecule has 1 amide bonds. The van der Waals surface area contributed by atoms with Gasteiger partial charge in [0.15, 0.2) is 11.5 Å². The zero-order valence-corrected chi connectivity index (χ0v) is 16.9. The summed E-state index contributed by atoms with van der Waals surface area (Å²) in [6.07, 6.45) is 1.55. The first-order valence-corrected chi connectivity index (χ1v) is 9.39. The zero-order chi connectivity index (χ0) is 20.6. The number of carbonyl (C=O) groups is 1. The molecule has 1 N–H and O–H groups in total. The van der Waals surface area contributed by atoms with E-state index in [1.165, 1.54) is 0 Å². The first-order valence-electron chi connectivity index (χ1n) is 9.01. The molecule has 0 atom stereocenters. The van der Waals surface area contributed by atoms with E-state index in [0.29, 0.717) is 28.7 Å². The number of hydrogen-bond donors (Lipinski definition) is 1. The number of methoxy groups -OCH3 is 1. The van der Waals surface area contributed by atoms with E-state index in [2.05, 4.69) is 10.5 Å². The fourth-order valence-electron chi connectivity index (χ4n) is 2.67. The van der Waals surface area contributed by atoms with Gasteiger partial charge in [0.2, 0.25) is 0 Å². The molecule has 0 saturated carbocycles. The van der Waals surface area contributed by atoms with Gasteiger partial charge < -0.3 is 9.47 Å². The van der Waals surface area contributed by atoms with Gasteiger partial charge in [-0.25, -0.2) is 5.43 Å². The van der Waals surface area contributed by atoms with Gasteiger partial charge in [0.25, 0.3) is 5.91 Å². The first kappa shape index (κ1) is 20.4. The van der Waals surface area contributed by atoms with Gasteiger partial charge in [-0.1, -0.05) is 47.5 Å². The monoisotopic (exact) mass is 408 g/mol. The number of amides is 1. The standard InChI is InChI=1S/C23H21ClN2O3/c1-16-6-5-8-18(12-16)23(27)26-25-14-17-10-11-21(22(13-17)28-2)29-15-19-7-3-4-9-20(19)24/h3-14H,15H2,1-2H3,(H,26,27)/b25-14+. The van der Waals surface area contributed by atoms with Crippen molar-refractivity contribution in [3.8, 4) is 11.5 Å². The minimum Gasteiger partial charge on any atom is -0.493 e. The molecule has 0 spiro atoms. The number of ether oxygens (including phenoxy) is 2. The molecule has 0 bridgehead atoms. The van der Waals surface area contributed by atoms with Gasteiger partial charge in [0.05, 0.1) is 13.3 Å². The van der Waals surface area contributed by atoms with Crippen LogP contribution >= 0.6 is 11.6 Å². The van der Waals surface area contributed by atoms with Crippen molar-refractivity contribution in [3.05, 3.63) is 94.0 Å². The van der Waals surface area contributed by atoms with Crippen molar-refractivity contribution in [3.63, 3.8) is 0 Å².